The molecule has 0 saturated carbocycles. The minimum absolute atomic E-state index is 0.0262. The quantitative estimate of drug-likeness (QED) is 0.742. The highest BCUT2D eigenvalue weighted by molar-refractivity contribution is 9.10. The Morgan fingerprint density at radius 2 is 1.55 bits per heavy atom. The molecule has 2 heterocycles. The molecular weight excluding hydrogens is 432 g/mol. The zero-order chi connectivity index (χ0) is 20.3. The van der Waals surface area contributed by atoms with Gasteiger partial charge in [-0.3, -0.25) is 9.59 Å². The lowest BCUT2D eigenvalue weighted by Crippen LogP contribution is -2.44. The van der Waals surface area contributed by atoms with Gasteiger partial charge in [0.1, 0.15) is 0 Å². The number of amides is 2. The van der Waals surface area contributed by atoms with E-state index in [9.17, 15) is 9.59 Å². The Labute approximate surface area is 179 Å². The van der Waals surface area contributed by atoms with Crippen LogP contribution in [0, 0.1) is 0 Å². The van der Waals surface area contributed by atoms with Crippen LogP contribution in [0.1, 0.15) is 41.6 Å². The number of anilines is 1. The highest BCUT2D eigenvalue weighted by Gasteiger charge is 2.41. The van der Waals surface area contributed by atoms with Gasteiger partial charge in [0.15, 0.2) is 0 Å². The molecule has 2 aliphatic heterocycles. The molecule has 0 aromatic heterocycles. The van der Waals surface area contributed by atoms with E-state index in [2.05, 4.69) is 21.2 Å². The molecule has 2 aromatic carbocycles. The lowest BCUT2D eigenvalue weighted by atomic mass is 9.73. The van der Waals surface area contributed by atoms with E-state index in [1.54, 1.807) is 12.1 Å². The summed E-state index contributed by atoms with van der Waals surface area (Å²) in [6.07, 6.45) is 3.43. The van der Waals surface area contributed by atoms with Gasteiger partial charge in [-0.15, -0.1) is 0 Å². The first kappa shape index (κ1) is 20.1. The number of halogens is 1. The lowest BCUT2D eigenvalue weighted by Gasteiger charge is -2.36. The van der Waals surface area contributed by atoms with E-state index in [1.165, 1.54) is 0 Å². The molecule has 5 nitrogen and oxygen atoms in total. The van der Waals surface area contributed by atoms with Gasteiger partial charge in [0.25, 0.3) is 5.91 Å². The number of hydrogen-bond donors (Lipinski definition) is 1. The molecule has 0 spiro atoms. The molecule has 2 saturated heterocycles. The fraction of sp³-hybridized carbons (Fsp3) is 0.391. The van der Waals surface area contributed by atoms with E-state index >= 15 is 0 Å². The van der Waals surface area contributed by atoms with E-state index in [-0.39, 0.29) is 11.8 Å². The van der Waals surface area contributed by atoms with Gasteiger partial charge in [-0.1, -0.05) is 28.1 Å². The molecule has 2 aromatic rings. The molecule has 0 radical (unpaired) electrons. The van der Waals surface area contributed by atoms with Gasteiger partial charge in [-0.05, 0) is 67.6 Å². The SMILES string of the molecule is O=C(c1ccc(NC(=O)C2(c3ccc(Br)cc3)CCOCC2)cc1)N1CCCC1. The molecule has 2 amide bonds. The van der Waals surface area contributed by atoms with E-state index in [4.69, 9.17) is 4.74 Å². The first-order chi connectivity index (χ1) is 14.1. The van der Waals surface area contributed by atoms with Crippen LogP contribution in [0.15, 0.2) is 53.0 Å². The normalized spacial score (nSPS) is 18.4. The van der Waals surface area contributed by atoms with E-state index in [0.717, 1.165) is 36.0 Å². The predicted octanol–water partition coefficient (Wildman–Crippen LogP) is 4.37. The summed E-state index contributed by atoms with van der Waals surface area (Å²) in [5.41, 5.74) is 1.76. The van der Waals surface area contributed by atoms with E-state index in [1.807, 2.05) is 41.3 Å². The maximum absolute atomic E-state index is 13.3. The summed E-state index contributed by atoms with van der Waals surface area (Å²) in [6, 6.07) is 15.2. The van der Waals surface area contributed by atoms with Gasteiger partial charge < -0.3 is 15.0 Å². The summed E-state index contributed by atoms with van der Waals surface area (Å²) in [5, 5.41) is 3.07. The Morgan fingerprint density at radius 3 is 2.17 bits per heavy atom. The van der Waals surface area contributed by atoms with Crippen molar-refractivity contribution in [1.29, 1.82) is 0 Å². The van der Waals surface area contributed by atoms with Crippen molar-refractivity contribution in [2.75, 3.05) is 31.6 Å². The number of carbonyl (C=O) groups excluding carboxylic acids is 2. The Bertz CT molecular complexity index is 868. The zero-order valence-electron chi connectivity index (χ0n) is 16.3. The third-order valence-corrected chi connectivity index (χ3v) is 6.49. The molecule has 2 aliphatic rings. The molecule has 152 valence electrons. The summed E-state index contributed by atoms with van der Waals surface area (Å²) < 4.78 is 6.52. The Kier molecular flexibility index (Phi) is 6.01. The third kappa shape index (κ3) is 4.23. The average molecular weight is 457 g/mol. The van der Waals surface area contributed by atoms with Crippen LogP contribution in [0.3, 0.4) is 0 Å². The molecule has 0 atom stereocenters. The number of nitrogens with zero attached hydrogens (tertiary/aromatic N) is 1. The van der Waals surface area contributed by atoms with Gasteiger partial charge >= 0.3 is 0 Å². The van der Waals surface area contributed by atoms with Crippen LogP contribution < -0.4 is 5.32 Å². The molecule has 4 rings (SSSR count). The fourth-order valence-corrected chi connectivity index (χ4v) is 4.45. The second-order valence-electron chi connectivity index (χ2n) is 7.73. The molecule has 0 bridgehead atoms. The number of benzene rings is 2. The van der Waals surface area contributed by atoms with Crippen LogP contribution in [0.4, 0.5) is 5.69 Å². The van der Waals surface area contributed by atoms with Crippen molar-refractivity contribution >= 4 is 33.4 Å². The molecule has 0 aliphatic carbocycles. The van der Waals surface area contributed by atoms with Gasteiger partial charge in [0.2, 0.25) is 5.91 Å². The standard InChI is InChI=1S/C23H25BrN2O3/c24-19-7-5-18(6-8-19)23(11-15-29-16-12-23)22(28)25-20-9-3-17(4-10-20)21(27)26-13-1-2-14-26/h3-10H,1-2,11-16H2,(H,25,28). The van der Waals surface area contributed by atoms with Gasteiger partial charge in [-0.2, -0.15) is 0 Å². The second-order valence-corrected chi connectivity index (χ2v) is 8.65. The summed E-state index contributed by atoms with van der Waals surface area (Å²) in [7, 11) is 0. The highest BCUT2D eigenvalue weighted by Crippen LogP contribution is 2.36. The minimum Gasteiger partial charge on any atom is -0.381 e. The van der Waals surface area contributed by atoms with Gasteiger partial charge in [0.05, 0.1) is 5.41 Å². The summed E-state index contributed by atoms with van der Waals surface area (Å²) in [5.74, 6) is 0.0397. The smallest absolute Gasteiger partial charge is 0.253 e. The maximum atomic E-state index is 13.3. The van der Waals surface area contributed by atoms with Crippen molar-refractivity contribution in [3.63, 3.8) is 0 Å². The second kappa shape index (κ2) is 8.67. The van der Waals surface area contributed by atoms with Crippen molar-refractivity contribution in [2.24, 2.45) is 0 Å². The Morgan fingerprint density at radius 1 is 0.931 bits per heavy atom. The van der Waals surface area contributed by atoms with Gasteiger partial charge in [-0.25, -0.2) is 0 Å². The first-order valence-electron chi connectivity index (χ1n) is 10.1. The number of carbonyl (C=O) groups is 2. The van der Waals surface area contributed by atoms with Crippen molar-refractivity contribution < 1.29 is 14.3 Å². The predicted molar refractivity (Wildman–Crippen MR) is 116 cm³/mol. The number of hydrogen-bond acceptors (Lipinski definition) is 3. The molecule has 6 heteroatoms. The maximum Gasteiger partial charge on any atom is 0.253 e. The van der Waals surface area contributed by atoms with Crippen LogP contribution in [0.2, 0.25) is 0 Å². The van der Waals surface area contributed by atoms with E-state index < -0.39 is 5.41 Å². The number of rotatable bonds is 4. The first-order valence-corrected chi connectivity index (χ1v) is 10.9. The van der Waals surface area contributed by atoms with Crippen LogP contribution in [0.5, 0.6) is 0 Å². The molecule has 1 N–H and O–H groups in total. The lowest BCUT2D eigenvalue weighted by molar-refractivity contribution is -0.125. The summed E-state index contributed by atoms with van der Waals surface area (Å²) in [4.78, 5) is 27.7. The fourth-order valence-electron chi connectivity index (χ4n) is 4.19. The minimum atomic E-state index is -0.608. The molecule has 29 heavy (non-hydrogen) atoms. The molecule has 2 fully saturated rings. The average Bonchev–Trinajstić information content (AvgIpc) is 3.30. The van der Waals surface area contributed by atoms with Gasteiger partial charge in [0, 0.05) is 42.0 Å². The number of likely N-dealkylation sites (tertiary alicyclic amines) is 1. The Hall–Kier alpha value is -2.18. The van der Waals surface area contributed by atoms with Crippen LogP contribution in [-0.2, 0) is 14.9 Å². The van der Waals surface area contributed by atoms with Crippen LogP contribution >= 0.6 is 15.9 Å². The van der Waals surface area contributed by atoms with Crippen LogP contribution in [0.25, 0.3) is 0 Å². The van der Waals surface area contributed by atoms with Crippen molar-refractivity contribution in [2.45, 2.75) is 31.1 Å². The largest absolute Gasteiger partial charge is 0.381 e. The number of ether oxygens (including phenoxy) is 1. The topological polar surface area (TPSA) is 58.6 Å². The summed E-state index contributed by atoms with van der Waals surface area (Å²) in [6.45, 7) is 2.78. The van der Waals surface area contributed by atoms with Crippen molar-refractivity contribution in [1.82, 2.24) is 4.90 Å². The van der Waals surface area contributed by atoms with E-state index in [0.29, 0.717) is 37.3 Å². The summed E-state index contributed by atoms with van der Waals surface area (Å²) >= 11 is 3.46. The number of nitrogens with one attached hydrogen (secondary N) is 1. The highest BCUT2D eigenvalue weighted by atomic mass is 79.9. The monoisotopic (exact) mass is 456 g/mol. The molecule has 0 unspecified atom stereocenters. The van der Waals surface area contributed by atoms with Crippen molar-refractivity contribution in [3.05, 3.63) is 64.1 Å². The van der Waals surface area contributed by atoms with Crippen molar-refractivity contribution in [3.8, 4) is 0 Å². The Balaban J connectivity index is 1.51. The third-order valence-electron chi connectivity index (χ3n) is 5.96. The van der Waals surface area contributed by atoms with Crippen LogP contribution in [-0.4, -0.2) is 43.0 Å². The molecular formula is C23H25BrN2O3. The zero-order valence-corrected chi connectivity index (χ0v) is 17.9.